The monoisotopic (exact) mass is 372 g/mol. The minimum Gasteiger partial charge on any atom is -0.382 e. The predicted octanol–water partition coefficient (Wildman–Crippen LogP) is 2.66. The van der Waals surface area contributed by atoms with E-state index in [-0.39, 0.29) is 24.3 Å². The summed E-state index contributed by atoms with van der Waals surface area (Å²) in [5.41, 5.74) is -0.119. The van der Waals surface area contributed by atoms with Gasteiger partial charge in [-0.25, -0.2) is 12.8 Å². The van der Waals surface area contributed by atoms with Crippen molar-refractivity contribution in [2.24, 2.45) is 0 Å². The Labute approximate surface area is 142 Å². The van der Waals surface area contributed by atoms with Gasteiger partial charge in [-0.05, 0) is 24.3 Å². The van der Waals surface area contributed by atoms with Crippen LogP contribution in [-0.4, -0.2) is 33.2 Å². The molecule has 0 radical (unpaired) electrons. The second-order valence-corrected chi connectivity index (χ2v) is 6.85. The maximum Gasteiger partial charge on any atom is 0.341 e. The van der Waals surface area contributed by atoms with Gasteiger partial charge in [0, 0.05) is 13.1 Å². The number of sulfone groups is 1. The number of amides is 1. The molecule has 134 valence electrons. The number of halogens is 3. The summed E-state index contributed by atoms with van der Waals surface area (Å²) in [6, 6.07) is 10.7. The van der Waals surface area contributed by atoms with Crippen molar-refractivity contribution in [1.82, 2.24) is 5.32 Å². The third kappa shape index (κ3) is 4.50. The number of hydrogen-bond donors (Lipinski definition) is 2. The molecule has 0 aromatic heterocycles. The molecule has 25 heavy (non-hydrogen) atoms. The Bertz CT molecular complexity index is 857. The fourth-order valence-corrected chi connectivity index (χ4v) is 2.98. The summed E-state index contributed by atoms with van der Waals surface area (Å²) < 4.78 is 62.1. The van der Waals surface area contributed by atoms with E-state index in [2.05, 4.69) is 10.6 Å². The van der Waals surface area contributed by atoms with Gasteiger partial charge in [-0.1, -0.05) is 24.3 Å². The fourth-order valence-electron chi connectivity index (χ4n) is 2.07. The number of rotatable bonds is 7. The van der Waals surface area contributed by atoms with Gasteiger partial charge in [0.2, 0.25) is 9.84 Å². The number of para-hydroxylation sites is 1. The van der Waals surface area contributed by atoms with Crippen LogP contribution in [0.1, 0.15) is 10.4 Å². The predicted molar refractivity (Wildman–Crippen MR) is 86.9 cm³/mol. The van der Waals surface area contributed by atoms with E-state index in [1.165, 1.54) is 36.4 Å². The lowest BCUT2D eigenvalue weighted by molar-refractivity contribution is 0.0951. The van der Waals surface area contributed by atoms with Crippen molar-refractivity contribution in [2.45, 2.75) is 10.7 Å². The van der Waals surface area contributed by atoms with Crippen molar-refractivity contribution < 1.29 is 26.4 Å². The van der Waals surface area contributed by atoms with Gasteiger partial charge >= 0.3 is 5.76 Å². The molecule has 0 spiro atoms. The molecule has 2 aromatic rings. The van der Waals surface area contributed by atoms with Crippen molar-refractivity contribution >= 4 is 21.4 Å². The van der Waals surface area contributed by atoms with Gasteiger partial charge in [0.1, 0.15) is 5.82 Å². The topological polar surface area (TPSA) is 75.3 Å². The normalized spacial score (nSPS) is 11.4. The number of nitrogens with one attached hydrogen (secondary N) is 2. The number of carbonyl (C=O) groups excluding carboxylic acids is 1. The Morgan fingerprint density at radius 1 is 1.00 bits per heavy atom. The molecule has 0 aliphatic heterocycles. The highest BCUT2D eigenvalue weighted by Crippen LogP contribution is 2.25. The zero-order valence-electron chi connectivity index (χ0n) is 12.9. The summed E-state index contributed by atoms with van der Waals surface area (Å²) in [5.74, 6) is -4.83. The zero-order valence-corrected chi connectivity index (χ0v) is 13.7. The Balaban J connectivity index is 1.97. The second-order valence-electron chi connectivity index (χ2n) is 4.96. The first-order chi connectivity index (χ1) is 11.8. The van der Waals surface area contributed by atoms with Crippen LogP contribution in [-0.2, 0) is 9.84 Å². The molecule has 0 atom stereocenters. The van der Waals surface area contributed by atoms with Gasteiger partial charge in [-0.2, -0.15) is 8.78 Å². The molecule has 0 saturated heterocycles. The number of hydrogen-bond acceptors (Lipinski definition) is 4. The van der Waals surface area contributed by atoms with Crippen molar-refractivity contribution in [3.8, 4) is 0 Å². The Kier molecular flexibility index (Phi) is 6.02. The molecule has 0 unspecified atom stereocenters. The molecule has 0 fully saturated rings. The van der Waals surface area contributed by atoms with Crippen LogP contribution in [0.25, 0.3) is 0 Å². The molecule has 0 saturated carbocycles. The molecule has 2 rings (SSSR count). The summed E-state index contributed by atoms with van der Waals surface area (Å²) >= 11 is 0. The molecule has 5 nitrogen and oxygen atoms in total. The van der Waals surface area contributed by atoms with E-state index in [4.69, 9.17) is 0 Å². The van der Waals surface area contributed by atoms with Gasteiger partial charge < -0.3 is 10.6 Å². The van der Waals surface area contributed by atoms with E-state index in [1.54, 1.807) is 0 Å². The third-order valence-corrected chi connectivity index (χ3v) is 4.71. The van der Waals surface area contributed by atoms with Crippen LogP contribution >= 0.6 is 0 Å². The quantitative estimate of drug-likeness (QED) is 0.733. The van der Waals surface area contributed by atoms with Gasteiger partial charge in [-0.15, -0.1) is 0 Å². The summed E-state index contributed by atoms with van der Waals surface area (Å²) in [6.45, 7) is 0.103. The molecule has 1 amide bonds. The van der Waals surface area contributed by atoms with E-state index >= 15 is 0 Å². The maximum atomic E-state index is 13.5. The lowest BCUT2D eigenvalue weighted by Crippen LogP contribution is -2.29. The van der Waals surface area contributed by atoms with Crippen LogP contribution in [0, 0.1) is 5.82 Å². The molecule has 0 bridgehead atoms. The van der Waals surface area contributed by atoms with E-state index in [1.807, 2.05) is 0 Å². The molecule has 2 N–H and O–H groups in total. The average Bonchev–Trinajstić information content (AvgIpc) is 2.59. The lowest BCUT2D eigenvalue weighted by atomic mass is 10.2. The minimum atomic E-state index is -4.74. The molecular weight excluding hydrogens is 357 g/mol. The zero-order chi connectivity index (χ0) is 18.4. The molecule has 2 aromatic carbocycles. The van der Waals surface area contributed by atoms with Crippen LogP contribution in [0.5, 0.6) is 0 Å². The van der Waals surface area contributed by atoms with Crippen molar-refractivity contribution in [3.05, 3.63) is 59.9 Å². The third-order valence-electron chi connectivity index (χ3n) is 3.27. The van der Waals surface area contributed by atoms with Crippen molar-refractivity contribution in [3.63, 3.8) is 0 Å². The minimum absolute atomic E-state index is 0.00272. The summed E-state index contributed by atoms with van der Waals surface area (Å²) in [6.07, 6.45) is 0. The highest BCUT2D eigenvalue weighted by molar-refractivity contribution is 7.91. The fraction of sp³-hybridized carbons (Fsp3) is 0.188. The van der Waals surface area contributed by atoms with E-state index in [0.29, 0.717) is 0 Å². The number of alkyl halides is 2. The Morgan fingerprint density at radius 3 is 2.32 bits per heavy atom. The molecule has 0 aliphatic carbocycles. The lowest BCUT2D eigenvalue weighted by Gasteiger charge is -2.12. The van der Waals surface area contributed by atoms with Crippen LogP contribution < -0.4 is 10.6 Å². The van der Waals surface area contributed by atoms with E-state index in [9.17, 15) is 26.4 Å². The van der Waals surface area contributed by atoms with Crippen LogP contribution in [0.3, 0.4) is 0 Å². The summed E-state index contributed by atoms with van der Waals surface area (Å²) in [5, 5.41) is 5.13. The molecule has 0 heterocycles. The Morgan fingerprint density at radius 2 is 1.64 bits per heavy atom. The van der Waals surface area contributed by atoms with E-state index in [0.717, 1.165) is 12.1 Å². The SMILES string of the molecule is O=C(NCCNc1ccccc1S(=O)(=O)C(F)F)c1ccccc1F. The van der Waals surface area contributed by atoms with Gasteiger partial charge in [0.25, 0.3) is 5.91 Å². The van der Waals surface area contributed by atoms with Gasteiger partial charge in [0.15, 0.2) is 0 Å². The van der Waals surface area contributed by atoms with Crippen LogP contribution in [0.4, 0.5) is 18.9 Å². The standard InChI is InChI=1S/C16H15F3N2O3S/c17-12-6-2-1-5-11(12)15(22)21-10-9-20-13-7-3-4-8-14(13)25(23,24)16(18)19/h1-8,16,20H,9-10H2,(H,21,22). The first-order valence-corrected chi connectivity index (χ1v) is 8.76. The highest BCUT2D eigenvalue weighted by atomic mass is 32.2. The maximum absolute atomic E-state index is 13.5. The second kappa shape index (κ2) is 8.02. The Hall–Kier alpha value is -2.55. The first kappa shape index (κ1) is 18.8. The van der Waals surface area contributed by atoms with Crippen molar-refractivity contribution in [2.75, 3.05) is 18.4 Å². The molecule has 0 aliphatic rings. The van der Waals surface area contributed by atoms with Crippen LogP contribution in [0.2, 0.25) is 0 Å². The number of anilines is 1. The van der Waals surface area contributed by atoms with Gasteiger partial charge in [-0.3, -0.25) is 4.79 Å². The van der Waals surface area contributed by atoms with Crippen molar-refractivity contribution in [1.29, 1.82) is 0 Å². The molecular formula is C16H15F3N2O3S. The summed E-state index contributed by atoms with van der Waals surface area (Å²) in [4.78, 5) is 11.3. The average molecular weight is 372 g/mol. The number of carbonyl (C=O) groups is 1. The summed E-state index contributed by atoms with van der Waals surface area (Å²) in [7, 11) is -4.74. The van der Waals surface area contributed by atoms with Gasteiger partial charge in [0.05, 0.1) is 16.1 Å². The molecule has 9 heteroatoms. The van der Waals surface area contributed by atoms with Crippen LogP contribution in [0.15, 0.2) is 53.4 Å². The smallest absolute Gasteiger partial charge is 0.341 e. The van der Waals surface area contributed by atoms with E-state index < -0.39 is 32.2 Å². The first-order valence-electron chi connectivity index (χ1n) is 7.21. The largest absolute Gasteiger partial charge is 0.382 e. The number of benzene rings is 2. The highest BCUT2D eigenvalue weighted by Gasteiger charge is 2.28.